The zero-order chi connectivity index (χ0) is 14.4. The molecule has 1 heterocycles. The normalized spacial score (nSPS) is 12.8. The summed E-state index contributed by atoms with van der Waals surface area (Å²) < 4.78 is 5.47. The van der Waals surface area contributed by atoms with E-state index in [1.165, 1.54) is 0 Å². The lowest BCUT2D eigenvalue weighted by Gasteiger charge is -2.11. The Bertz CT molecular complexity index is 540. The summed E-state index contributed by atoms with van der Waals surface area (Å²) in [4.78, 5) is 7.82. The average Bonchev–Trinajstić information content (AvgIpc) is 2.86. The lowest BCUT2D eigenvalue weighted by atomic mass is 10.2. The van der Waals surface area contributed by atoms with E-state index in [4.69, 9.17) is 9.84 Å². The molecule has 110 valence electrons. The molecule has 0 amide bonds. The van der Waals surface area contributed by atoms with Crippen LogP contribution < -0.4 is 10.1 Å². The minimum atomic E-state index is 0.149. The predicted octanol–water partition coefficient (Wildman–Crippen LogP) is 2.02. The molecule has 1 atom stereocenters. The van der Waals surface area contributed by atoms with Crippen molar-refractivity contribution in [2.45, 2.75) is 24.5 Å². The Kier molecular flexibility index (Phi) is 5.70. The van der Waals surface area contributed by atoms with Crippen molar-refractivity contribution in [2.24, 2.45) is 0 Å². The molecule has 0 saturated heterocycles. The zero-order valence-corrected chi connectivity index (χ0v) is 12.7. The molecule has 0 spiro atoms. The van der Waals surface area contributed by atoms with E-state index < -0.39 is 0 Å². The van der Waals surface area contributed by atoms with E-state index in [1.807, 2.05) is 32.2 Å². The molecule has 1 unspecified atom stereocenters. The van der Waals surface area contributed by atoms with Crippen LogP contribution in [-0.2, 0) is 0 Å². The first-order valence-electron chi connectivity index (χ1n) is 6.80. The number of hydrogen-bond acceptors (Lipinski definition) is 5. The molecule has 6 heteroatoms. The average molecular weight is 295 g/mol. The number of benzene rings is 1. The third-order valence-corrected chi connectivity index (χ3v) is 3.98. The number of ether oxygens (including phenoxy) is 1. The highest BCUT2D eigenvalue weighted by Crippen LogP contribution is 2.23. The summed E-state index contributed by atoms with van der Waals surface area (Å²) in [5, 5.41) is 13.1. The molecule has 3 N–H and O–H groups in total. The molecule has 1 aromatic carbocycles. The summed E-state index contributed by atoms with van der Waals surface area (Å²) in [6, 6.07) is 6.02. The number of nitrogens with one attached hydrogen (secondary N) is 2. The van der Waals surface area contributed by atoms with E-state index in [2.05, 4.69) is 15.3 Å². The van der Waals surface area contributed by atoms with Crippen molar-refractivity contribution >= 4 is 22.8 Å². The summed E-state index contributed by atoms with van der Waals surface area (Å²) in [6.07, 6.45) is 0.902. The quantitative estimate of drug-likeness (QED) is 0.650. The van der Waals surface area contributed by atoms with E-state index in [9.17, 15) is 0 Å². The first kappa shape index (κ1) is 15.2. The minimum absolute atomic E-state index is 0.149. The van der Waals surface area contributed by atoms with E-state index in [0.717, 1.165) is 34.1 Å². The van der Waals surface area contributed by atoms with Crippen LogP contribution in [-0.4, -0.2) is 47.1 Å². The Labute approximate surface area is 123 Å². The molecule has 5 nitrogen and oxygen atoms in total. The Balaban J connectivity index is 1.97. The largest absolute Gasteiger partial charge is 0.494 e. The number of thioether (sulfide) groups is 1. The number of likely N-dealkylation sites (N-methyl/N-ethyl adjacent to an activating group) is 1. The van der Waals surface area contributed by atoms with Gasteiger partial charge in [0.2, 0.25) is 0 Å². The van der Waals surface area contributed by atoms with Crippen molar-refractivity contribution in [2.75, 3.05) is 26.0 Å². The standard InChI is InChI=1S/C14H21N3O2S/c1-3-19-11-4-5-12-13(8-11)17-14(16-12)20-7-6-10(9-18)15-2/h4-5,8,10,15,18H,3,6-7,9H2,1-2H3,(H,16,17). The van der Waals surface area contributed by atoms with Crippen molar-refractivity contribution in [3.8, 4) is 5.75 Å². The lowest BCUT2D eigenvalue weighted by molar-refractivity contribution is 0.246. The number of hydrogen-bond donors (Lipinski definition) is 3. The molecular weight excluding hydrogens is 274 g/mol. The molecule has 0 aliphatic heterocycles. The van der Waals surface area contributed by atoms with Gasteiger partial charge in [-0.05, 0) is 32.5 Å². The summed E-state index contributed by atoms with van der Waals surface area (Å²) >= 11 is 1.67. The number of aromatic nitrogens is 2. The van der Waals surface area contributed by atoms with Crippen LogP contribution >= 0.6 is 11.8 Å². The number of imidazole rings is 1. The van der Waals surface area contributed by atoms with Gasteiger partial charge in [-0.2, -0.15) is 0 Å². The number of rotatable bonds is 8. The van der Waals surface area contributed by atoms with Crippen molar-refractivity contribution in [1.29, 1.82) is 0 Å². The van der Waals surface area contributed by atoms with Crippen molar-refractivity contribution < 1.29 is 9.84 Å². The van der Waals surface area contributed by atoms with Gasteiger partial charge in [0.15, 0.2) is 5.16 Å². The third-order valence-electron chi connectivity index (χ3n) is 3.08. The van der Waals surface area contributed by atoms with Crippen LogP contribution in [0.5, 0.6) is 5.75 Å². The van der Waals surface area contributed by atoms with E-state index in [0.29, 0.717) is 6.61 Å². The second-order valence-electron chi connectivity index (χ2n) is 4.46. The van der Waals surface area contributed by atoms with Gasteiger partial charge < -0.3 is 20.1 Å². The van der Waals surface area contributed by atoms with E-state index in [-0.39, 0.29) is 12.6 Å². The molecule has 2 aromatic rings. The SMILES string of the molecule is CCOc1ccc2nc(SCCC(CO)NC)[nH]c2c1. The van der Waals surface area contributed by atoms with Gasteiger partial charge in [-0.25, -0.2) is 4.98 Å². The highest BCUT2D eigenvalue weighted by atomic mass is 32.2. The van der Waals surface area contributed by atoms with Crippen LogP contribution in [0.2, 0.25) is 0 Å². The maximum atomic E-state index is 9.11. The summed E-state index contributed by atoms with van der Waals surface area (Å²) in [6.45, 7) is 2.79. The van der Waals surface area contributed by atoms with Crippen molar-refractivity contribution in [3.05, 3.63) is 18.2 Å². The molecule has 0 aliphatic carbocycles. The molecular formula is C14H21N3O2S. The second kappa shape index (κ2) is 7.52. The Morgan fingerprint density at radius 1 is 1.50 bits per heavy atom. The van der Waals surface area contributed by atoms with Gasteiger partial charge >= 0.3 is 0 Å². The van der Waals surface area contributed by atoms with Gasteiger partial charge in [0, 0.05) is 17.9 Å². The van der Waals surface area contributed by atoms with Gasteiger partial charge in [-0.1, -0.05) is 11.8 Å². The highest BCUT2D eigenvalue weighted by Gasteiger charge is 2.07. The van der Waals surface area contributed by atoms with Gasteiger partial charge in [0.05, 0.1) is 24.2 Å². The number of aromatic amines is 1. The van der Waals surface area contributed by atoms with Crippen LogP contribution in [0, 0.1) is 0 Å². The Hall–Kier alpha value is -1.24. The first-order valence-corrected chi connectivity index (χ1v) is 7.78. The fourth-order valence-corrected chi connectivity index (χ4v) is 2.86. The number of fused-ring (bicyclic) bond motifs is 1. The van der Waals surface area contributed by atoms with E-state index >= 15 is 0 Å². The van der Waals surface area contributed by atoms with Crippen LogP contribution in [0.25, 0.3) is 11.0 Å². The molecule has 0 fully saturated rings. The van der Waals surface area contributed by atoms with Crippen molar-refractivity contribution in [1.82, 2.24) is 15.3 Å². The maximum Gasteiger partial charge on any atom is 0.166 e. The van der Waals surface area contributed by atoms with Crippen LogP contribution in [0.3, 0.4) is 0 Å². The number of nitrogens with zero attached hydrogens (tertiary/aromatic N) is 1. The Morgan fingerprint density at radius 2 is 2.35 bits per heavy atom. The summed E-state index contributed by atoms with van der Waals surface area (Å²) in [5.41, 5.74) is 1.94. The molecule has 0 radical (unpaired) electrons. The minimum Gasteiger partial charge on any atom is -0.494 e. The molecule has 0 saturated carbocycles. The summed E-state index contributed by atoms with van der Waals surface area (Å²) in [5.74, 6) is 1.76. The van der Waals surface area contributed by atoms with Gasteiger partial charge in [-0.15, -0.1) is 0 Å². The first-order chi connectivity index (χ1) is 9.76. The topological polar surface area (TPSA) is 70.2 Å². The smallest absolute Gasteiger partial charge is 0.166 e. The molecule has 20 heavy (non-hydrogen) atoms. The number of aliphatic hydroxyl groups is 1. The number of aliphatic hydroxyl groups excluding tert-OH is 1. The molecule has 0 aliphatic rings. The summed E-state index contributed by atoms with van der Waals surface area (Å²) in [7, 11) is 1.86. The number of H-pyrrole nitrogens is 1. The fourth-order valence-electron chi connectivity index (χ4n) is 1.91. The Morgan fingerprint density at radius 3 is 3.05 bits per heavy atom. The van der Waals surface area contributed by atoms with Crippen LogP contribution in [0.1, 0.15) is 13.3 Å². The molecule has 2 rings (SSSR count). The zero-order valence-electron chi connectivity index (χ0n) is 11.8. The maximum absolute atomic E-state index is 9.11. The second-order valence-corrected chi connectivity index (χ2v) is 5.54. The highest BCUT2D eigenvalue weighted by molar-refractivity contribution is 7.99. The molecule has 1 aromatic heterocycles. The van der Waals surface area contributed by atoms with Gasteiger partial charge in [0.1, 0.15) is 5.75 Å². The molecule has 0 bridgehead atoms. The fraction of sp³-hybridized carbons (Fsp3) is 0.500. The van der Waals surface area contributed by atoms with Gasteiger partial charge in [0.25, 0.3) is 0 Å². The van der Waals surface area contributed by atoms with Crippen LogP contribution in [0.4, 0.5) is 0 Å². The monoisotopic (exact) mass is 295 g/mol. The third kappa shape index (κ3) is 3.88. The van der Waals surface area contributed by atoms with Gasteiger partial charge in [-0.3, -0.25) is 0 Å². The lowest BCUT2D eigenvalue weighted by Crippen LogP contribution is -2.29. The van der Waals surface area contributed by atoms with Crippen molar-refractivity contribution in [3.63, 3.8) is 0 Å². The van der Waals surface area contributed by atoms with E-state index in [1.54, 1.807) is 11.8 Å². The van der Waals surface area contributed by atoms with Crippen LogP contribution in [0.15, 0.2) is 23.4 Å². The predicted molar refractivity (Wildman–Crippen MR) is 82.5 cm³/mol.